The van der Waals surface area contributed by atoms with Gasteiger partial charge in [0.05, 0.1) is 0 Å². The number of nitrogens with zero attached hydrogens (tertiary/aromatic N) is 3. The average molecular weight is 441 g/mol. The molecule has 0 radical (unpaired) electrons. The number of aromatic nitrogens is 1. The Kier molecular flexibility index (Phi) is 8.55. The maximum absolute atomic E-state index is 12.7. The predicted molar refractivity (Wildman–Crippen MR) is 126 cm³/mol. The largest absolute Gasteiger partial charge is 0.352 e. The van der Waals surface area contributed by atoms with Gasteiger partial charge in [0.2, 0.25) is 11.8 Å². The topological polar surface area (TPSA) is 65.5 Å². The summed E-state index contributed by atoms with van der Waals surface area (Å²) in [6, 6.07) is 4.45. The lowest BCUT2D eigenvalue weighted by atomic mass is 9.86. The number of likely N-dealkylation sites (tertiary alicyclic amines) is 2. The smallest absolute Gasteiger partial charge is 0.223 e. The van der Waals surface area contributed by atoms with Crippen LogP contribution >= 0.6 is 0 Å². The van der Waals surface area contributed by atoms with Crippen LogP contribution < -0.4 is 5.32 Å². The van der Waals surface area contributed by atoms with Crippen molar-refractivity contribution in [1.29, 1.82) is 0 Å². The Bertz CT molecular complexity index is 719. The lowest BCUT2D eigenvalue weighted by molar-refractivity contribution is -0.133. The van der Waals surface area contributed by atoms with Crippen molar-refractivity contribution in [3.05, 3.63) is 30.1 Å². The molecule has 176 valence electrons. The highest BCUT2D eigenvalue weighted by Gasteiger charge is 2.31. The minimum Gasteiger partial charge on any atom is -0.352 e. The highest BCUT2D eigenvalue weighted by molar-refractivity contribution is 5.78. The fourth-order valence-corrected chi connectivity index (χ4v) is 5.80. The van der Waals surface area contributed by atoms with E-state index in [4.69, 9.17) is 0 Å². The van der Waals surface area contributed by atoms with Gasteiger partial charge in [-0.05, 0) is 62.7 Å². The number of carbonyl (C=O) groups excluding carboxylic acids is 2. The Hall–Kier alpha value is -1.95. The van der Waals surface area contributed by atoms with E-state index in [0.29, 0.717) is 18.5 Å². The first-order valence-corrected chi connectivity index (χ1v) is 12.9. The van der Waals surface area contributed by atoms with Gasteiger partial charge >= 0.3 is 0 Å². The average Bonchev–Trinajstić information content (AvgIpc) is 2.87. The van der Waals surface area contributed by atoms with Crippen LogP contribution in [0.2, 0.25) is 0 Å². The molecule has 6 heteroatoms. The Morgan fingerprint density at radius 3 is 2.41 bits per heavy atom. The summed E-state index contributed by atoms with van der Waals surface area (Å²) in [6.45, 7) is 4.34. The molecule has 0 spiro atoms. The molecular weight excluding hydrogens is 400 g/mol. The van der Waals surface area contributed by atoms with Gasteiger partial charge in [0.1, 0.15) is 0 Å². The van der Waals surface area contributed by atoms with Crippen LogP contribution in [0.15, 0.2) is 24.5 Å². The van der Waals surface area contributed by atoms with E-state index in [2.05, 4.69) is 20.1 Å². The van der Waals surface area contributed by atoms with Crippen molar-refractivity contribution in [3.63, 3.8) is 0 Å². The molecule has 0 aromatic carbocycles. The first-order chi connectivity index (χ1) is 15.7. The molecule has 0 unspecified atom stereocenters. The zero-order valence-corrected chi connectivity index (χ0v) is 19.5. The van der Waals surface area contributed by atoms with Crippen LogP contribution in [0.1, 0.15) is 76.2 Å². The maximum atomic E-state index is 12.7. The maximum Gasteiger partial charge on any atom is 0.223 e. The second-order valence-electron chi connectivity index (χ2n) is 10.0. The van der Waals surface area contributed by atoms with Crippen LogP contribution in [0.25, 0.3) is 0 Å². The fraction of sp³-hybridized carbons (Fsp3) is 0.731. The highest BCUT2D eigenvalue weighted by Crippen LogP contribution is 2.28. The lowest BCUT2D eigenvalue weighted by Crippen LogP contribution is -2.50. The van der Waals surface area contributed by atoms with Crippen molar-refractivity contribution >= 4 is 11.8 Å². The van der Waals surface area contributed by atoms with Gasteiger partial charge in [-0.15, -0.1) is 0 Å². The summed E-state index contributed by atoms with van der Waals surface area (Å²) in [5, 5.41) is 3.08. The third kappa shape index (κ3) is 6.53. The summed E-state index contributed by atoms with van der Waals surface area (Å²) in [7, 11) is 0. The normalized spacial score (nSPS) is 22.1. The summed E-state index contributed by atoms with van der Waals surface area (Å²) in [5.41, 5.74) is 1.04. The molecule has 3 aliphatic rings. The Balaban J connectivity index is 1.12. The van der Waals surface area contributed by atoms with Crippen molar-refractivity contribution < 1.29 is 9.59 Å². The zero-order chi connectivity index (χ0) is 22.2. The van der Waals surface area contributed by atoms with E-state index >= 15 is 0 Å². The third-order valence-electron chi connectivity index (χ3n) is 7.91. The van der Waals surface area contributed by atoms with Crippen LogP contribution in [0.4, 0.5) is 0 Å². The van der Waals surface area contributed by atoms with Crippen LogP contribution in [0, 0.1) is 11.8 Å². The minimum atomic E-state index is 0.115. The first kappa shape index (κ1) is 23.2. The van der Waals surface area contributed by atoms with E-state index in [1.807, 2.05) is 12.1 Å². The van der Waals surface area contributed by atoms with Crippen molar-refractivity contribution in [2.24, 2.45) is 11.8 Å². The van der Waals surface area contributed by atoms with Crippen molar-refractivity contribution in [3.8, 4) is 0 Å². The second kappa shape index (κ2) is 11.8. The van der Waals surface area contributed by atoms with Crippen LogP contribution in [-0.2, 0) is 16.1 Å². The van der Waals surface area contributed by atoms with E-state index in [1.54, 1.807) is 12.4 Å². The molecule has 1 N–H and O–H groups in total. The molecule has 3 heterocycles. The van der Waals surface area contributed by atoms with Crippen molar-refractivity contribution in [2.45, 2.75) is 83.2 Å². The van der Waals surface area contributed by atoms with Gasteiger partial charge in [0.15, 0.2) is 0 Å². The molecule has 1 aromatic heterocycles. The summed E-state index contributed by atoms with van der Waals surface area (Å²) in [6.07, 6.45) is 16.1. The predicted octanol–water partition coefficient (Wildman–Crippen LogP) is 3.76. The van der Waals surface area contributed by atoms with Gasteiger partial charge in [0, 0.05) is 50.4 Å². The van der Waals surface area contributed by atoms with E-state index in [9.17, 15) is 9.59 Å². The monoisotopic (exact) mass is 440 g/mol. The van der Waals surface area contributed by atoms with Gasteiger partial charge in [-0.3, -0.25) is 14.6 Å². The lowest BCUT2D eigenvalue weighted by Gasteiger charge is -2.41. The number of piperidine rings is 2. The number of hydrogen-bond acceptors (Lipinski definition) is 4. The van der Waals surface area contributed by atoms with E-state index < -0.39 is 0 Å². The number of pyridine rings is 1. The number of amides is 2. The molecule has 3 fully saturated rings. The van der Waals surface area contributed by atoms with Crippen LogP contribution in [0.3, 0.4) is 0 Å². The number of rotatable bonds is 7. The van der Waals surface area contributed by atoms with Crippen LogP contribution in [0.5, 0.6) is 0 Å². The first-order valence-electron chi connectivity index (χ1n) is 12.9. The summed E-state index contributed by atoms with van der Waals surface area (Å²) >= 11 is 0. The van der Waals surface area contributed by atoms with E-state index in [0.717, 1.165) is 76.2 Å². The Morgan fingerprint density at radius 1 is 0.969 bits per heavy atom. The van der Waals surface area contributed by atoms with E-state index in [1.165, 1.54) is 32.1 Å². The fourth-order valence-electron chi connectivity index (χ4n) is 5.80. The van der Waals surface area contributed by atoms with Crippen molar-refractivity contribution in [1.82, 2.24) is 20.1 Å². The molecule has 2 amide bonds. The molecule has 2 aliphatic heterocycles. The van der Waals surface area contributed by atoms with Crippen LogP contribution in [-0.4, -0.2) is 58.8 Å². The minimum absolute atomic E-state index is 0.115. The Morgan fingerprint density at radius 2 is 1.72 bits per heavy atom. The molecule has 1 saturated carbocycles. The Labute approximate surface area is 193 Å². The molecule has 0 bridgehead atoms. The molecule has 1 aromatic rings. The second-order valence-corrected chi connectivity index (χ2v) is 10.0. The SMILES string of the molecule is O=C(NCc1cccnc1)C1CCN(C2CCN(C(=O)CCC3CCCCC3)CC2)CC1. The highest BCUT2D eigenvalue weighted by atomic mass is 16.2. The summed E-state index contributed by atoms with van der Waals surface area (Å²) in [5.74, 6) is 1.45. The number of carbonyl (C=O) groups is 2. The van der Waals surface area contributed by atoms with Gasteiger partial charge in [-0.1, -0.05) is 38.2 Å². The van der Waals surface area contributed by atoms with Gasteiger partial charge < -0.3 is 15.1 Å². The van der Waals surface area contributed by atoms with Gasteiger partial charge in [-0.25, -0.2) is 0 Å². The third-order valence-corrected chi connectivity index (χ3v) is 7.91. The van der Waals surface area contributed by atoms with Gasteiger partial charge in [0.25, 0.3) is 0 Å². The molecule has 0 atom stereocenters. The summed E-state index contributed by atoms with van der Waals surface area (Å²) < 4.78 is 0. The molecular formula is C26H40N4O2. The quantitative estimate of drug-likeness (QED) is 0.701. The number of nitrogens with one attached hydrogen (secondary N) is 1. The molecule has 6 nitrogen and oxygen atoms in total. The van der Waals surface area contributed by atoms with Crippen molar-refractivity contribution in [2.75, 3.05) is 26.2 Å². The van der Waals surface area contributed by atoms with Gasteiger partial charge in [-0.2, -0.15) is 0 Å². The zero-order valence-electron chi connectivity index (χ0n) is 19.5. The van der Waals surface area contributed by atoms with E-state index in [-0.39, 0.29) is 11.8 Å². The molecule has 1 aliphatic carbocycles. The number of hydrogen-bond donors (Lipinski definition) is 1. The standard InChI is InChI=1S/C26H40N4O2/c31-25(9-8-21-5-2-1-3-6-21)30-17-12-24(13-18-30)29-15-10-23(11-16-29)26(32)28-20-22-7-4-14-27-19-22/h4,7,14,19,21,23-24H,1-3,5-6,8-13,15-18,20H2,(H,28,32). The molecule has 2 saturated heterocycles. The molecule has 4 rings (SSSR count). The molecule has 32 heavy (non-hydrogen) atoms. The summed E-state index contributed by atoms with van der Waals surface area (Å²) in [4.78, 5) is 34.0.